The molecule has 1 heterocycles. The zero-order chi connectivity index (χ0) is 13.3. The van der Waals surface area contributed by atoms with E-state index in [1.54, 1.807) is 6.92 Å². The van der Waals surface area contributed by atoms with E-state index < -0.39 is 0 Å². The number of nitrogens with one attached hydrogen (secondary N) is 1. The van der Waals surface area contributed by atoms with E-state index in [-0.39, 0.29) is 17.5 Å². The molecule has 2 atom stereocenters. The highest BCUT2D eigenvalue weighted by atomic mass is 19.1. The first-order chi connectivity index (χ1) is 8.42. The van der Waals surface area contributed by atoms with Gasteiger partial charge in [0.2, 0.25) is 0 Å². The van der Waals surface area contributed by atoms with Crippen molar-refractivity contribution < 1.29 is 9.13 Å². The molecule has 0 bridgehead atoms. The molecule has 100 valence electrons. The topological polar surface area (TPSA) is 21.3 Å². The van der Waals surface area contributed by atoms with Crippen molar-refractivity contribution in [2.75, 3.05) is 13.1 Å². The standard InChI is InChI=1S/C15H22FNO/c1-10(2)15(4)9-17-8-14(18-15)12-5-6-13(16)11(3)7-12/h5-7,10,14,17H,8-9H2,1-4H3. The van der Waals surface area contributed by atoms with Crippen LogP contribution in [0, 0.1) is 18.7 Å². The molecule has 1 fully saturated rings. The molecule has 0 spiro atoms. The SMILES string of the molecule is Cc1cc(C2CNCC(C)(C(C)C)O2)ccc1F. The molecular formula is C15H22FNO. The van der Waals surface area contributed by atoms with Crippen LogP contribution in [0.2, 0.25) is 0 Å². The Balaban J connectivity index is 2.20. The van der Waals surface area contributed by atoms with Crippen LogP contribution < -0.4 is 5.32 Å². The minimum absolute atomic E-state index is 0.00505. The molecule has 0 amide bonds. The van der Waals surface area contributed by atoms with E-state index in [1.165, 1.54) is 6.07 Å². The number of rotatable bonds is 2. The van der Waals surface area contributed by atoms with Gasteiger partial charge in [0.15, 0.2) is 0 Å². The molecule has 1 N–H and O–H groups in total. The molecule has 0 saturated carbocycles. The summed E-state index contributed by atoms with van der Waals surface area (Å²) in [5.41, 5.74) is 1.56. The van der Waals surface area contributed by atoms with Gasteiger partial charge in [0.1, 0.15) is 5.82 Å². The first-order valence-corrected chi connectivity index (χ1v) is 6.57. The molecule has 2 unspecified atom stereocenters. The van der Waals surface area contributed by atoms with Crippen LogP contribution >= 0.6 is 0 Å². The van der Waals surface area contributed by atoms with Gasteiger partial charge in [-0.05, 0) is 37.0 Å². The maximum absolute atomic E-state index is 13.3. The maximum atomic E-state index is 13.3. The third kappa shape index (κ3) is 2.57. The summed E-state index contributed by atoms with van der Waals surface area (Å²) in [6.07, 6.45) is 0.00505. The Morgan fingerprint density at radius 1 is 1.44 bits per heavy atom. The smallest absolute Gasteiger partial charge is 0.126 e. The summed E-state index contributed by atoms with van der Waals surface area (Å²) >= 11 is 0. The maximum Gasteiger partial charge on any atom is 0.126 e. The van der Waals surface area contributed by atoms with Crippen LogP contribution in [-0.2, 0) is 4.74 Å². The lowest BCUT2D eigenvalue weighted by Crippen LogP contribution is -2.52. The monoisotopic (exact) mass is 251 g/mol. The van der Waals surface area contributed by atoms with Crippen LogP contribution in [0.5, 0.6) is 0 Å². The van der Waals surface area contributed by atoms with Crippen molar-refractivity contribution in [3.8, 4) is 0 Å². The second kappa shape index (κ2) is 4.98. The molecule has 1 aromatic carbocycles. The molecule has 1 aromatic rings. The number of ether oxygens (including phenoxy) is 1. The van der Waals surface area contributed by atoms with E-state index in [9.17, 15) is 4.39 Å². The van der Waals surface area contributed by atoms with Gasteiger partial charge in [-0.2, -0.15) is 0 Å². The Labute approximate surface area is 109 Å². The van der Waals surface area contributed by atoms with Crippen LogP contribution in [-0.4, -0.2) is 18.7 Å². The molecule has 1 aliphatic heterocycles. The number of hydrogen-bond donors (Lipinski definition) is 1. The van der Waals surface area contributed by atoms with E-state index in [1.807, 2.05) is 12.1 Å². The normalized spacial score (nSPS) is 28.7. The van der Waals surface area contributed by atoms with Crippen molar-refractivity contribution in [1.82, 2.24) is 5.32 Å². The summed E-state index contributed by atoms with van der Waals surface area (Å²) in [6.45, 7) is 9.90. The predicted molar refractivity (Wildman–Crippen MR) is 71.1 cm³/mol. The van der Waals surface area contributed by atoms with Gasteiger partial charge in [0, 0.05) is 13.1 Å². The largest absolute Gasteiger partial charge is 0.364 e. The van der Waals surface area contributed by atoms with Crippen LogP contribution in [0.4, 0.5) is 4.39 Å². The van der Waals surface area contributed by atoms with Gasteiger partial charge in [-0.1, -0.05) is 26.0 Å². The summed E-state index contributed by atoms with van der Waals surface area (Å²) in [6, 6.07) is 5.23. The molecule has 1 aliphatic rings. The predicted octanol–water partition coefficient (Wildman–Crippen LogP) is 3.21. The highest BCUT2D eigenvalue weighted by molar-refractivity contribution is 5.26. The van der Waals surface area contributed by atoms with E-state index in [0.717, 1.165) is 18.7 Å². The molecule has 0 aromatic heterocycles. The lowest BCUT2D eigenvalue weighted by atomic mass is 9.89. The van der Waals surface area contributed by atoms with E-state index >= 15 is 0 Å². The average Bonchev–Trinajstić information content (AvgIpc) is 2.32. The minimum Gasteiger partial charge on any atom is -0.364 e. The summed E-state index contributed by atoms with van der Waals surface area (Å²) in [5, 5.41) is 3.42. The summed E-state index contributed by atoms with van der Waals surface area (Å²) in [7, 11) is 0. The zero-order valence-electron chi connectivity index (χ0n) is 11.6. The van der Waals surface area contributed by atoms with Gasteiger partial charge < -0.3 is 10.1 Å². The quantitative estimate of drug-likeness (QED) is 0.871. The summed E-state index contributed by atoms with van der Waals surface area (Å²) in [5.74, 6) is 0.281. The van der Waals surface area contributed by atoms with Crippen LogP contribution in [0.15, 0.2) is 18.2 Å². The summed E-state index contributed by atoms with van der Waals surface area (Å²) in [4.78, 5) is 0. The number of hydrogen-bond acceptors (Lipinski definition) is 2. The second-order valence-corrected chi connectivity index (χ2v) is 5.71. The highest BCUT2D eigenvalue weighted by Crippen LogP contribution is 2.32. The Kier molecular flexibility index (Phi) is 3.74. The average molecular weight is 251 g/mol. The van der Waals surface area contributed by atoms with Crippen LogP contribution in [0.1, 0.15) is 38.0 Å². The fourth-order valence-corrected chi connectivity index (χ4v) is 2.25. The molecule has 1 saturated heterocycles. The minimum atomic E-state index is -0.162. The molecule has 18 heavy (non-hydrogen) atoms. The Hall–Kier alpha value is -0.930. The van der Waals surface area contributed by atoms with Crippen LogP contribution in [0.3, 0.4) is 0 Å². The van der Waals surface area contributed by atoms with Crippen LogP contribution in [0.25, 0.3) is 0 Å². The van der Waals surface area contributed by atoms with Crippen molar-refractivity contribution in [2.24, 2.45) is 5.92 Å². The third-order valence-electron chi connectivity index (χ3n) is 3.99. The molecule has 0 aliphatic carbocycles. The van der Waals surface area contributed by atoms with E-state index in [2.05, 4.69) is 26.1 Å². The number of benzene rings is 1. The first kappa shape index (κ1) is 13.5. The van der Waals surface area contributed by atoms with Crippen molar-refractivity contribution in [1.29, 1.82) is 0 Å². The molecule has 3 heteroatoms. The fraction of sp³-hybridized carbons (Fsp3) is 0.600. The molecule has 2 rings (SSSR count). The number of morpholine rings is 1. The fourth-order valence-electron chi connectivity index (χ4n) is 2.25. The Morgan fingerprint density at radius 2 is 2.17 bits per heavy atom. The lowest BCUT2D eigenvalue weighted by molar-refractivity contribution is -0.132. The highest BCUT2D eigenvalue weighted by Gasteiger charge is 2.36. The zero-order valence-corrected chi connectivity index (χ0v) is 11.6. The van der Waals surface area contributed by atoms with E-state index in [4.69, 9.17) is 4.74 Å². The van der Waals surface area contributed by atoms with Gasteiger partial charge in [-0.3, -0.25) is 0 Å². The molecular weight excluding hydrogens is 229 g/mol. The van der Waals surface area contributed by atoms with Gasteiger partial charge in [0.25, 0.3) is 0 Å². The van der Waals surface area contributed by atoms with Crippen molar-refractivity contribution in [2.45, 2.75) is 39.4 Å². The third-order valence-corrected chi connectivity index (χ3v) is 3.99. The first-order valence-electron chi connectivity index (χ1n) is 6.57. The molecule has 0 radical (unpaired) electrons. The van der Waals surface area contributed by atoms with Crippen molar-refractivity contribution in [3.63, 3.8) is 0 Å². The lowest BCUT2D eigenvalue weighted by Gasteiger charge is -2.42. The second-order valence-electron chi connectivity index (χ2n) is 5.71. The van der Waals surface area contributed by atoms with Crippen molar-refractivity contribution >= 4 is 0 Å². The van der Waals surface area contributed by atoms with Gasteiger partial charge >= 0.3 is 0 Å². The summed E-state index contributed by atoms with van der Waals surface area (Å²) < 4.78 is 19.5. The molecule has 2 nitrogen and oxygen atoms in total. The van der Waals surface area contributed by atoms with Gasteiger partial charge in [0.05, 0.1) is 11.7 Å². The number of aryl methyl sites for hydroxylation is 1. The van der Waals surface area contributed by atoms with Gasteiger partial charge in [-0.15, -0.1) is 0 Å². The number of halogens is 1. The van der Waals surface area contributed by atoms with Gasteiger partial charge in [-0.25, -0.2) is 4.39 Å². The Morgan fingerprint density at radius 3 is 2.78 bits per heavy atom. The van der Waals surface area contributed by atoms with E-state index in [0.29, 0.717) is 11.5 Å². The Bertz CT molecular complexity index is 433. The van der Waals surface area contributed by atoms with Crippen molar-refractivity contribution in [3.05, 3.63) is 35.1 Å².